The second-order valence-electron chi connectivity index (χ2n) is 2.61. The van der Waals surface area contributed by atoms with Crippen molar-refractivity contribution in [3.63, 3.8) is 0 Å². The van der Waals surface area contributed by atoms with E-state index in [0.717, 1.165) is 11.4 Å². The molecule has 72 valence electrons. The Balaban J connectivity index is 2.46. The van der Waals surface area contributed by atoms with E-state index in [1.807, 2.05) is 41.6 Å². The first-order valence-electron chi connectivity index (χ1n) is 4.40. The van der Waals surface area contributed by atoms with Crippen LogP contribution in [0.5, 0.6) is 0 Å². The molecule has 0 saturated carbocycles. The lowest BCUT2D eigenvalue weighted by atomic mass is 10.4. The van der Waals surface area contributed by atoms with Gasteiger partial charge in [-0.15, -0.1) is 0 Å². The molecule has 0 aliphatic carbocycles. The lowest BCUT2D eigenvalue weighted by molar-refractivity contribution is 0.396. The number of alkyl halides is 1. The van der Waals surface area contributed by atoms with E-state index in [9.17, 15) is 4.39 Å². The zero-order valence-corrected chi connectivity index (χ0v) is 8.56. The van der Waals surface area contributed by atoms with Crippen molar-refractivity contribution in [2.45, 2.75) is 11.8 Å². The molecule has 0 aromatic heterocycles. The molecule has 0 spiro atoms. The molecule has 0 atom stereocenters. The lowest BCUT2D eigenvalue weighted by Gasteiger charge is -2.16. The first kappa shape index (κ1) is 10.5. The zero-order valence-electron chi connectivity index (χ0n) is 7.74. The quantitative estimate of drug-likeness (QED) is 0.671. The molecular formula is C10H14FNS. The minimum Gasteiger partial charge on any atom is -0.250 e. The van der Waals surface area contributed by atoms with Gasteiger partial charge in [-0.3, -0.25) is 0 Å². The maximum atomic E-state index is 12.1. The van der Waals surface area contributed by atoms with E-state index in [-0.39, 0.29) is 6.67 Å². The van der Waals surface area contributed by atoms with Crippen LogP contribution in [0.4, 0.5) is 4.39 Å². The summed E-state index contributed by atoms with van der Waals surface area (Å²) in [6.07, 6.45) is 0. The van der Waals surface area contributed by atoms with Crippen molar-refractivity contribution in [3.8, 4) is 0 Å². The van der Waals surface area contributed by atoms with E-state index in [0.29, 0.717) is 6.54 Å². The number of halogens is 1. The standard InChI is InChI=1S/C10H14FNS/c1-2-12(9-8-11)13-10-6-4-3-5-7-10/h3-7H,2,8-9H2,1H3. The molecule has 3 heteroatoms. The van der Waals surface area contributed by atoms with Crippen LogP contribution in [0.2, 0.25) is 0 Å². The summed E-state index contributed by atoms with van der Waals surface area (Å²) >= 11 is 1.61. The minimum atomic E-state index is -0.284. The smallest absolute Gasteiger partial charge is 0.103 e. The van der Waals surface area contributed by atoms with E-state index in [2.05, 4.69) is 0 Å². The number of hydrogen-bond donors (Lipinski definition) is 0. The highest BCUT2D eigenvalue weighted by Gasteiger charge is 2.02. The summed E-state index contributed by atoms with van der Waals surface area (Å²) in [7, 11) is 0. The van der Waals surface area contributed by atoms with Crippen LogP contribution in [0.3, 0.4) is 0 Å². The molecule has 0 amide bonds. The monoisotopic (exact) mass is 199 g/mol. The van der Waals surface area contributed by atoms with Gasteiger partial charge in [-0.25, -0.2) is 8.70 Å². The van der Waals surface area contributed by atoms with Gasteiger partial charge in [0.2, 0.25) is 0 Å². The Kier molecular flexibility index (Phi) is 4.86. The minimum absolute atomic E-state index is 0.284. The molecule has 0 aliphatic rings. The number of benzene rings is 1. The van der Waals surface area contributed by atoms with Crippen LogP contribution in [0.15, 0.2) is 35.2 Å². The molecule has 0 radical (unpaired) electrons. The van der Waals surface area contributed by atoms with Gasteiger partial charge in [0.1, 0.15) is 6.67 Å². The largest absolute Gasteiger partial charge is 0.250 e. The normalized spacial score (nSPS) is 10.7. The highest BCUT2D eigenvalue weighted by Crippen LogP contribution is 2.21. The van der Waals surface area contributed by atoms with Gasteiger partial charge in [0.15, 0.2) is 0 Å². The van der Waals surface area contributed by atoms with Crippen molar-refractivity contribution < 1.29 is 4.39 Å². The third kappa shape index (κ3) is 3.79. The highest BCUT2D eigenvalue weighted by molar-refractivity contribution is 7.97. The van der Waals surface area contributed by atoms with Crippen LogP contribution >= 0.6 is 11.9 Å². The summed E-state index contributed by atoms with van der Waals surface area (Å²) in [5, 5.41) is 0. The molecule has 0 bridgehead atoms. The average molecular weight is 199 g/mol. The van der Waals surface area contributed by atoms with Gasteiger partial charge < -0.3 is 0 Å². The van der Waals surface area contributed by atoms with Gasteiger partial charge in [-0.05, 0) is 24.1 Å². The Morgan fingerprint density at radius 3 is 2.54 bits per heavy atom. The van der Waals surface area contributed by atoms with Gasteiger partial charge in [0.05, 0.1) is 0 Å². The zero-order chi connectivity index (χ0) is 9.52. The van der Waals surface area contributed by atoms with E-state index in [1.54, 1.807) is 11.9 Å². The van der Waals surface area contributed by atoms with E-state index in [4.69, 9.17) is 0 Å². The van der Waals surface area contributed by atoms with Crippen molar-refractivity contribution in [2.75, 3.05) is 19.8 Å². The summed E-state index contributed by atoms with van der Waals surface area (Å²) in [6, 6.07) is 10.0. The topological polar surface area (TPSA) is 3.24 Å². The van der Waals surface area contributed by atoms with E-state index < -0.39 is 0 Å². The predicted octanol–water partition coefficient (Wildman–Crippen LogP) is 2.99. The molecule has 1 aromatic carbocycles. The van der Waals surface area contributed by atoms with Crippen molar-refractivity contribution in [3.05, 3.63) is 30.3 Å². The summed E-state index contributed by atoms with van der Waals surface area (Å²) < 4.78 is 14.1. The molecule has 0 unspecified atom stereocenters. The van der Waals surface area contributed by atoms with Crippen LogP contribution in [0.1, 0.15) is 6.92 Å². The maximum absolute atomic E-state index is 12.1. The first-order chi connectivity index (χ1) is 6.36. The lowest BCUT2D eigenvalue weighted by Crippen LogP contribution is -2.17. The molecule has 0 saturated heterocycles. The fourth-order valence-electron chi connectivity index (χ4n) is 0.993. The molecule has 0 N–H and O–H groups in total. The summed E-state index contributed by atoms with van der Waals surface area (Å²) in [5.74, 6) is 0. The van der Waals surface area contributed by atoms with Gasteiger partial charge in [0, 0.05) is 18.0 Å². The molecule has 1 aromatic rings. The third-order valence-electron chi connectivity index (χ3n) is 1.66. The van der Waals surface area contributed by atoms with Crippen LogP contribution in [0.25, 0.3) is 0 Å². The highest BCUT2D eigenvalue weighted by atomic mass is 32.2. The molecule has 1 nitrogen and oxygen atoms in total. The second kappa shape index (κ2) is 6.00. The van der Waals surface area contributed by atoms with Crippen LogP contribution in [-0.4, -0.2) is 24.1 Å². The fourth-order valence-corrected chi connectivity index (χ4v) is 1.86. The Labute approximate surface area is 83.1 Å². The second-order valence-corrected chi connectivity index (χ2v) is 3.79. The van der Waals surface area contributed by atoms with Crippen molar-refractivity contribution in [1.82, 2.24) is 4.31 Å². The average Bonchev–Trinajstić information content (AvgIpc) is 2.19. The van der Waals surface area contributed by atoms with Gasteiger partial charge in [0.25, 0.3) is 0 Å². The molecule has 0 heterocycles. The molecule has 13 heavy (non-hydrogen) atoms. The third-order valence-corrected chi connectivity index (χ3v) is 2.85. The number of hydrogen-bond acceptors (Lipinski definition) is 2. The van der Waals surface area contributed by atoms with Gasteiger partial charge in [-0.2, -0.15) is 0 Å². The van der Waals surface area contributed by atoms with Gasteiger partial charge in [-0.1, -0.05) is 25.1 Å². The summed E-state index contributed by atoms with van der Waals surface area (Å²) in [6.45, 7) is 3.11. The first-order valence-corrected chi connectivity index (χ1v) is 5.18. The molecule has 1 rings (SSSR count). The van der Waals surface area contributed by atoms with Gasteiger partial charge >= 0.3 is 0 Å². The van der Waals surface area contributed by atoms with E-state index >= 15 is 0 Å². The van der Waals surface area contributed by atoms with E-state index in [1.165, 1.54) is 0 Å². The van der Waals surface area contributed by atoms with Crippen molar-refractivity contribution >= 4 is 11.9 Å². The SMILES string of the molecule is CCN(CCF)Sc1ccccc1. The number of rotatable bonds is 5. The molecule has 0 aliphatic heterocycles. The summed E-state index contributed by atoms with van der Waals surface area (Å²) in [5.41, 5.74) is 0. The van der Waals surface area contributed by atoms with Crippen molar-refractivity contribution in [1.29, 1.82) is 0 Å². The van der Waals surface area contributed by atoms with Crippen LogP contribution < -0.4 is 0 Å². The molecular weight excluding hydrogens is 185 g/mol. The molecule has 0 fully saturated rings. The Morgan fingerprint density at radius 2 is 2.00 bits per heavy atom. The van der Waals surface area contributed by atoms with Crippen molar-refractivity contribution in [2.24, 2.45) is 0 Å². The maximum Gasteiger partial charge on any atom is 0.103 e. The Morgan fingerprint density at radius 1 is 1.31 bits per heavy atom. The summed E-state index contributed by atoms with van der Waals surface area (Å²) in [4.78, 5) is 1.16. The number of nitrogens with zero attached hydrogens (tertiary/aromatic N) is 1. The predicted molar refractivity (Wildman–Crippen MR) is 55.5 cm³/mol. The Bertz CT molecular complexity index is 228. The Hall–Kier alpha value is -0.540. The fraction of sp³-hybridized carbons (Fsp3) is 0.400. The van der Waals surface area contributed by atoms with Crippen LogP contribution in [-0.2, 0) is 0 Å². The van der Waals surface area contributed by atoms with Crippen LogP contribution in [0, 0.1) is 0 Å².